The van der Waals surface area contributed by atoms with Gasteiger partial charge in [0, 0.05) is 6.54 Å². The summed E-state index contributed by atoms with van der Waals surface area (Å²) >= 11 is 0. The molecular weight excluding hydrogens is 184 g/mol. The van der Waals surface area contributed by atoms with Crippen molar-refractivity contribution < 1.29 is 14.3 Å². The van der Waals surface area contributed by atoms with Gasteiger partial charge >= 0.3 is 0 Å². The monoisotopic (exact) mass is 198 g/mol. The number of aryl methyl sites for hydroxylation is 1. The Balaban J connectivity index is 2.25. The van der Waals surface area contributed by atoms with Gasteiger partial charge in [0.15, 0.2) is 0 Å². The van der Waals surface area contributed by atoms with E-state index in [9.17, 15) is 4.79 Å². The van der Waals surface area contributed by atoms with Crippen molar-refractivity contribution in [3.63, 3.8) is 0 Å². The Morgan fingerprint density at radius 2 is 2.43 bits per heavy atom. The minimum Gasteiger partial charge on any atom is -0.465 e. The molecule has 0 fully saturated rings. The maximum atomic E-state index is 10.5. The highest BCUT2D eigenvalue weighted by atomic mass is 16.3. The van der Waals surface area contributed by atoms with Crippen LogP contribution in [0.2, 0.25) is 0 Å². The van der Waals surface area contributed by atoms with Crippen molar-refractivity contribution >= 4 is 5.91 Å². The van der Waals surface area contributed by atoms with Crippen molar-refractivity contribution in [2.45, 2.75) is 19.6 Å². The summed E-state index contributed by atoms with van der Waals surface area (Å²) in [6.45, 7) is 2.45. The molecule has 5 nitrogen and oxygen atoms in total. The average molecular weight is 198 g/mol. The minimum absolute atomic E-state index is 0.134. The summed E-state index contributed by atoms with van der Waals surface area (Å²) < 4.78 is 5.27. The lowest BCUT2D eigenvalue weighted by Crippen LogP contribution is -2.37. The van der Waals surface area contributed by atoms with Crippen molar-refractivity contribution in [2.75, 3.05) is 6.54 Å². The molecule has 1 amide bonds. The highest BCUT2D eigenvalue weighted by Crippen LogP contribution is 2.05. The molecular formula is C9H14N2O3. The number of nitrogens with two attached hydrogens (primary N) is 1. The Hall–Kier alpha value is -1.33. The minimum atomic E-state index is -1.15. The molecule has 1 aromatic rings. The normalized spacial score (nSPS) is 12.7. The van der Waals surface area contributed by atoms with E-state index in [0.29, 0.717) is 6.54 Å². The van der Waals surface area contributed by atoms with Crippen LogP contribution in [0.3, 0.4) is 0 Å². The lowest BCUT2D eigenvalue weighted by molar-refractivity contribution is -0.125. The zero-order chi connectivity index (χ0) is 10.6. The molecule has 0 saturated carbocycles. The molecule has 0 aliphatic carbocycles. The first-order valence-corrected chi connectivity index (χ1v) is 4.33. The van der Waals surface area contributed by atoms with Gasteiger partial charge in [0.1, 0.15) is 17.6 Å². The first-order chi connectivity index (χ1) is 6.59. The number of hydrogen-bond donors (Lipinski definition) is 3. The Morgan fingerprint density at radius 3 is 2.93 bits per heavy atom. The zero-order valence-electron chi connectivity index (χ0n) is 7.99. The van der Waals surface area contributed by atoms with E-state index in [1.165, 1.54) is 0 Å². The molecule has 0 aliphatic heterocycles. The Labute approximate surface area is 81.9 Å². The van der Waals surface area contributed by atoms with Gasteiger partial charge in [-0.25, -0.2) is 0 Å². The number of primary amides is 1. The fourth-order valence-electron chi connectivity index (χ4n) is 1.01. The molecule has 1 heterocycles. The van der Waals surface area contributed by atoms with Crippen LogP contribution in [0.1, 0.15) is 11.5 Å². The maximum Gasteiger partial charge on any atom is 0.247 e. The molecule has 1 unspecified atom stereocenters. The number of furan rings is 1. The zero-order valence-corrected chi connectivity index (χ0v) is 7.99. The van der Waals surface area contributed by atoms with Crippen LogP contribution < -0.4 is 11.1 Å². The predicted molar refractivity (Wildman–Crippen MR) is 50.4 cm³/mol. The van der Waals surface area contributed by atoms with E-state index >= 15 is 0 Å². The molecule has 0 spiro atoms. The topological polar surface area (TPSA) is 88.5 Å². The molecule has 0 aliphatic rings. The van der Waals surface area contributed by atoms with E-state index in [0.717, 1.165) is 11.5 Å². The number of amides is 1. The van der Waals surface area contributed by atoms with Gasteiger partial charge in [-0.15, -0.1) is 0 Å². The molecule has 1 aromatic heterocycles. The van der Waals surface area contributed by atoms with Gasteiger partial charge in [-0.2, -0.15) is 0 Å². The molecule has 14 heavy (non-hydrogen) atoms. The first kappa shape index (κ1) is 10.7. The van der Waals surface area contributed by atoms with Crippen LogP contribution in [0.4, 0.5) is 0 Å². The molecule has 0 bridgehead atoms. The van der Waals surface area contributed by atoms with Crippen LogP contribution in [0.25, 0.3) is 0 Å². The Kier molecular flexibility index (Phi) is 3.67. The molecule has 0 aromatic carbocycles. The fraction of sp³-hybridized carbons (Fsp3) is 0.444. The van der Waals surface area contributed by atoms with Crippen LogP contribution in [-0.4, -0.2) is 23.7 Å². The fourth-order valence-corrected chi connectivity index (χ4v) is 1.01. The number of carbonyl (C=O) groups excluding carboxylic acids is 1. The summed E-state index contributed by atoms with van der Waals surface area (Å²) in [5, 5.41) is 11.9. The van der Waals surface area contributed by atoms with Gasteiger partial charge < -0.3 is 20.6 Å². The van der Waals surface area contributed by atoms with Crippen molar-refractivity contribution in [1.82, 2.24) is 5.32 Å². The average Bonchev–Trinajstić information content (AvgIpc) is 2.51. The molecule has 0 saturated heterocycles. The molecule has 5 heteroatoms. The van der Waals surface area contributed by atoms with Crippen molar-refractivity contribution in [2.24, 2.45) is 5.73 Å². The van der Waals surface area contributed by atoms with E-state index in [1.807, 2.05) is 19.1 Å². The smallest absolute Gasteiger partial charge is 0.247 e. The summed E-state index contributed by atoms with van der Waals surface area (Å²) in [6, 6.07) is 3.68. The molecule has 1 atom stereocenters. The van der Waals surface area contributed by atoms with Crippen molar-refractivity contribution in [1.29, 1.82) is 0 Å². The highest BCUT2D eigenvalue weighted by molar-refractivity contribution is 5.78. The van der Waals surface area contributed by atoms with Gasteiger partial charge in [0.05, 0.1) is 6.54 Å². The van der Waals surface area contributed by atoms with Gasteiger partial charge in [-0.3, -0.25) is 4.79 Å². The van der Waals surface area contributed by atoms with Gasteiger partial charge in [0.2, 0.25) is 5.91 Å². The lowest BCUT2D eigenvalue weighted by Gasteiger charge is -2.06. The Bertz CT molecular complexity index is 309. The second kappa shape index (κ2) is 4.78. The van der Waals surface area contributed by atoms with Crippen molar-refractivity contribution in [3.8, 4) is 0 Å². The number of carbonyl (C=O) groups is 1. The summed E-state index contributed by atoms with van der Waals surface area (Å²) in [5.41, 5.74) is 4.87. The van der Waals surface area contributed by atoms with E-state index < -0.39 is 12.0 Å². The van der Waals surface area contributed by atoms with Crippen LogP contribution in [0.15, 0.2) is 16.5 Å². The van der Waals surface area contributed by atoms with E-state index in [-0.39, 0.29) is 6.54 Å². The highest BCUT2D eigenvalue weighted by Gasteiger charge is 2.09. The molecule has 78 valence electrons. The second-order valence-corrected chi connectivity index (χ2v) is 3.06. The second-order valence-electron chi connectivity index (χ2n) is 3.06. The largest absolute Gasteiger partial charge is 0.465 e. The van der Waals surface area contributed by atoms with E-state index in [4.69, 9.17) is 15.3 Å². The molecule has 0 radical (unpaired) electrons. The third-order valence-corrected chi connectivity index (χ3v) is 1.76. The predicted octanol–water partition coefficient (Wildman–Crippen LogP) is -0.476. The van der Waals surface area contributed by atoms with E-state index in [2.05, 4.69) is 5.32 Å². The standard InChI is InChI=1S/C9H14N2O3/c1-6-2-3-7(14-6)4-11-5-8(12)9(10)13/h2-3,8,11-12H,4-5H2,1H3,(H2,10,13). The van der Waals surface area contributed by atoms with Gasteiger partial charge in [-0.1, -0.05) is 0 Å². The third-order valence-electron chi connectivity index (χ3n) is 1.76. The van der Waals surface area contributed by atoms with Crippen LogP contribution in [0, 0.1) is 6.92 Å². The number of nitrogens with one attached hydrogen (secondary N) is 1. The van der Waals surface area contributed by atoms with E-state index in [1.54, 1.807) is 0 Å². The SMILES string of the molecule is Cc1ccc(CNCC(O)C(N)=O)o1. The molecule has 4 N–H and O–H groups in total. The molecule has 1 rings (SSSR count). The van der Waals surface area contributed by atoms with Crippen molar-refractivity contribution in [3.05, 3.63) is 23.7 Å². The summed E-state index contributed by atoms with van der Waals surface area (Å²) in [7, 11) is 0. The summed E-state index contributed by atoms with van der Waals surface area (Å²) in [4.78, 5) is 10.5. The Morgan fingerprint density at radius 1 is 1.71 bits per heavy atom. The lowest BCUT2D eigenvalue weighted by atomic mass is 10.3. The van der Waals surface area contributed by atoms with Crippen LogP contribution in [-0.2, 0) is 11.3 Å². The maximum absolute atomic E-state index is 10.5. The van der Waals surface area contributed by atoms with Gasteiger partial charge in [0.25, 0.3) is 0 Å². The number of aliphatic hydroxyl groups excluding tert-OH is 1. The number of rotatable bonds is 5. The summed E-state index contributed by atoms with van der Waals surface area (Å²) in [6.07, 6.45) is -1.15. The first-order valence-electron chi connectivity index (χ1n) is 4.33. The van der Waals surface area contributed by atoms with Gasteiger partial charge in [-0.05, 0) is 19.1 Å². The third kappa shape index (κ3) is 3.20. The summed E-state index contributed by atoms with van der Waals surface area (Å²) in [5.74, 6) is 0.865. The van der Waals surface area contributed by atoms with Crippen LogP contribution >= 0.6 is 0 Å². The number of aliphatic hydroxyl groups is 1. The van der Waals surface area contributed by atoms with Crippen LogP contribution in [0.5, 0.6) is 0 Å². The number of hydrogen-bond acceptors (Lipinski definition) is 4. The quantitative estimate of drug-likeness (QED) is 0.596.